The van der Waals surface area contributed by atoms with Gasteiger partial charge in [-0.1, -0.05) is 29.8 Å². The summed E-state index contributed by atoms with van der Waals surface area (Å²) in [5, 5.41) is 3.66. The fourth-order valence-corrected chi connectivity index (χ4v) is 5.42. The van der Waals surface area contributed by atoms with Crippen LogP contribution in [0.5, 0.6) is 11.5 Å². The molecule has 3 aromatic rings. The van der Waals surface area contributed by atoms with E-state index in [1.165, 1.54) is 0 Å². The summed E-state index contributed by atoms with van der Waals surface area (Å²) in [6.07, 6.45) is 3.73. The van der Waals surface area contributed by atoms with Gasteiger partial charge >= 0.3 is 0 Å². The van der Waals surface area contributed by atoms with Gasteiger partial charge in [-0.3, -0.25) is 4.90 Å². The maximum Gasteiger partial charge on any atom is 0.145 e. The van der Waals surface area contributed by atoms with Crippen molar-refractivity contribution < 1.29 is 14.3 Å². The highest BCUT2D eigenvalue weighted by atomic mass is 35.5. The van der Waals surface area contributed by atoms with Crippen LogP contribution in [0.3, 0.4) is 0 Å². The summed E-state index contributed by atoms with van der Waals surface area (Å²) in [5.41, 5.74) is 4.10. The smallest absolute Gasteiger partial charge is 0.145 e. The van der Waals surface area contributed by atoms with Crippen LogP contribution >= 0.6 is 22.9 Å². The van der Waals surface area contributed by atoms with Gasteiger partial charge in [0.15, 0.2) is 0 Å². The monoisotopic (exact) mass is 470 g/mol. The molecule has 2 heterocycles. The molecule has 2 unspecified atom stereocenters. The number of aryl methyl sites for hydroxylation is 1. The van der Waals surface area contributed by atoms with E-state index in [1.807, 2.05) is 13.0 Å². The van der Waals surface area contributed by atoms with E-state index in [0.29, 0.717) is 17.3 Å². The molecule has 1 aliphatic rings. The second kappa shape index (κ2) is 10.0. The van der Waals surface area contributed by atoms with Crippen LogP contribution in [-0.4, -0.2) is 36.4 Å². The number of methoxy groups -OCH3 is 2. The summed E-state index contributed by atoms with van der Waals surface area (Å²) in [7, 11) is 3.27. The minimum atomic E-state index is -0.188. The van der Waals surface area contributed by atoms with Crippen LogP contribution in [-0.2, 0) is 11.3 Å². The Hall–Kier alpha value is -2.41. The summed E-state index contributed by atoms with van der Waals surface area (Å²) in [4.78, 5) is 18.9. The molecule has 0 bridgehead atoms. The van der Waals surface area contributed by atoms with Crippen LogP contribution < -0.4 is 9.47 Å². The number of carbonyl (C=O) groups excluding carboxylic acids is 1. The van der Waals surface area contributed by atoms with Crippen molar-refractivity contribution in [3.8, 4) is 22.8 Å². The molecule has 2 aromatic carbocycles. The first-order chi connectivity index (χ1) is 15.5. The highest BCUT2D eigenvalue weighted by Crippen LogP contribution is 2.46. The first kappa shape index (κ1) is 22.8. The minimum absolute atomic E-state index is 0.0484. The van der Waals surface area contributed by atoms with E-state index in [0.717, 1.165) is 58.7 Å². The average Bonchev–Trinajstić information content (AvgIpc) is 3.25. The van der Waals surface area contributed by atoms with E-state index < -0.39 is 0 Å². The van der Waals surface area contributed by atoms with Crippen LogP contribution in [0, 0.1) is 6.92 Å². The van der Waals surface area contributed by atoms with Crippen molar-refractivity contribution in [2.75, 3.05) is 14.2 Å². The number of likely N-dealkylation sites (tertiary alicyclic amines) is 1. The fourth-order valence-electron chi connectivity index (χ4n) is 4.56. The van der Waals surface area contributed by atoms with E-state index >= 15 is 0 Å². The zero-order valence-electron chi connectivity index (χ0n) is 18.5. The summed E-state index contributed by atoms with van der Waals surface area (Å²) in [6, 6.07) is 11.8. The third kappa shape index (κ3) is 4.53. The molecule has 1 aromatic heterocycles. The van der Waals surface area contributed by atoms with Gasteiger partial charge < -0.3 is 14.3 Å². The number of aldehydes is 1. The van der Waals surface area contributed by atoms with Gasteiger partial charge in [-0.15, -0.1) is 11.3 Å². The number of hydrogen-bond donors (Lipinski definition) is 0. The second-order valence-corrected chi connectivity index (χ2v) is 9.44. The van der Waals surface area contributed by atoms with Crippen LogP contribution in [0.4, 0.5) is 0 Å². The molecule has 5 nitrogen and oxygen atoms in total. The van der Waals surface area contributed by atoms with Crippen molar-refractivity contribution in [3.63, 3.8) is 0 Å². The molecule has 0 radical (unpaired) electrons. The summed E-state index contributed by atoms with van der Waals surface area (Å²) < 4.78 is 11.4. The van der Waals surface area contributed by atoms with Crippen molar-refractivity contribution in [2.24, 2.45) is 0 Å². The lowest BCUT2D eigenvalue weighted by Gasteiger charge is -2.41. The van der Waals surface area contributed by atoms with E-state index in [9.17, 15) is 4.79 Å². The number of nitrogens with zero attached hydrogens (tertiary/aromatic N) is 2. The number of benzene rings is 2. The third-order valence-corrected chi connectivity index (χ3v) is 7.10. The second-order valence-electron chi connectivity index (χ2n) is 7.97. The molecule has 1 fully saturated rings. The molecule has 0 aliphatic carbocycles. The number of ether oxygens (including phenoxy) is 2. The molecule has 1 aliphatic heterocycles. The van der Waals surface area contributed by atoms with Gasteiger partial charge in [0.25, 0.3) is 0 Å². The Morgan fingerprint density at radius 2 is 2.06 bits per heavy atom. The summed E-state index contributed by atoms with van der Waals surface area (Å²) in [6.45, 7) is 2.64. The first-order valence-electron chi connectivity index (χ1n) is 10.7. The molecule has 0 spiro atoms. The number of rotatable bonds is 7. The summed E-state index contributed by atoms with van der Waals surface area (Å²) in [5.74, 6) is 1.33. The topological polar surface area (TPSA) is 51.7 Å². The Kier molecular flexibility index (Phi) is 7.13. The Morgan fingerprint density at radius 3 is 2.75 bits per heavy atom. The predicted octanol–water partition coefficient (Wildman–Crippen LogP) is 6.08. The number of aromatic nitrogens is 1. The van der Waals surface area contributed by atoms with Crippen molar-refractivity contribution in [3.05, 3.63) is 62.9 Å². The van der Waals surface area contributed by atoms with Gasteiger partial charge in [0.05, 0.1) is 41.5 Å². The van der Waals surface area contributed by atoms with Crippen molar-refractivity contribution in [2.45, 2.75) is 44.8 Å². The van der Waals surface area contributed by atoms with Crippen LogP contribution in [0.1, 0.15) is 41.4 Å². The number of halogens is 1. The van der Waals surface area contributed by atoms with Gasteiger partial charge in [-0.05, 0) is 49.9 Å². The Balaban J connectivity index is 1.73. The maximum atomic E-state index is 12.1. The van der Waals surface area contributed by atoms with E-state index in [1.54, 1.807) is 31.6 Å². The van der Waals surface area contributed by atoms with Gasteiger partial charge in [-0.25, -0.2) is 4.98 Å². The Bertz CT molecular complexity index is 1100. The zero-order chi connectivity index (χ0) is 22.7. The molecule has 2 atom stereocenters. The van der Waals surface area contributed by atoms with Crippen LogP contribution in [0.15, 0.2) is 41.8 Å². The largest absolute Gasteiger partial charge is 0.496 e. The molecular formula is C25H27ClN2O3S. The van der Waals surface area contributed by atoms with Crippen molar-refractivity contribution >= 4 is 29.2 Å². The van der Waals surface area contributed by atoms with Crippen LogP contribution in [0.2, 0.25) is 5.02 Å². The predicted molar refractivity (Wildman–Crippen MR) is 129 cm³/mol. The highest BCUT2D eigenvalue weighted by Gasteiger charge is 2.35. The normalized spacial score (nSPS) is 19.0. The van der Waals surface area contributed by atoms with Crippen molar-refractivity contribution in [1.29, 1.82) is 0 Å². The number of piperidine rings is 1. The van der Waals surface area contributed by atoms with Gasteiger partial charge in [-0.2, -0.15) is 0 Å². The summed E-state index contributed by atoms with van der Waals surface area (Å²) >= 11 is 8.12. The quantitative estimate of drug-likeness (QED) is 0.391. The van der Waals surface area contributed by atoms with E-state index in [2.05, 4.69) is 39.5 Å². The molecular weight excluding hydrogens is 444 g/mol. The molecule has 32 heavy (non-hydrogen) atoms. The molecule has 0 N–H and O–H groups in total. The zero-order valence-corrected chi connectivity index (χ0v) is 20.1. The Labute approximate surface area is 198 Å². The number of thiazole rings is 1. The fraction of sp³-hybridized carbons (Fsp3) is 0.360. The molecule has 4 rings (SSSR count). The van der Waals surface area contributed by atoms with Gasteiger partial charge in [0.2, 0.25) is 0 Å². The lowest BCUT2D eigenvalue weighted by atomic mass is 9.89. The minimum Gasteiger partial charge on any atom is -0.496 e. The molecule has 1 saturated heterocycles. The SMILES string of the molecule is COc1ccc(Cl)c(OC)c1C1CCCC(C=O)N1Cc1cccc(-c2csc(C)n2)c1. The van der Waals surface area contributed by atoms with Gasteiger partial charge in [0, 0.05) is 23.5 Å². The molecule has 0 amide bonds. The average molecular weight is 471 g/mol. The van der Waals surface area contributed by atoms with Crippen molar-refractivity contribution in [1.82, 2.24) is 9.88 Å². The number of hydrogen-bond acceptors (Lipinski definition) is 6. The molecule has 0 saturated carbocycles. The first-order valence-corrected chi connectivity index (χ1v) is 11.9. The van der Waals surface area contributed by atoms with E-state index in [-0.39, 0.29) is 12.1 Å². The number of carbonyl (C=O) groups is 1. The standard InChI is InChI=1S/C25H27ClN2O3S/c1-16-27-21(15-32-16)18-7-4-6-17(12-18)13-28-19(14-29)8-5-9-22(28)24-23(30-2)11-10-20(26)25(24)31-3/h4,6-7,10-12,14-15,19,22H,5,8-9,13H2,1-3H3. The van der Waals surface area contributed by atoms with E-state index in [4.69, 9.17) is 21.1 Å². The third-order valence-electron chi connectivity index (χ3n) is 6.03. The maximum absolute atomic E-state index is 12.1. The molecule has 7 heteroatoms. The lowest BCUT2D eigenvalue weighted by molar-refractivity contribution is -0.115. The molecule has 168 valence electrons. The van der Waals surface area contributed by atoms with Gasteiger partial charge in [0.1, 0.15) is 17.8 Å². The Morgan fingerprint density at radius 1 is 1.22 bits per heavy atom. The lowest BCUT2D eigenvalue weighted by Crippen LogP contribution is -2.42. The van der Waals surface area contributed by atoms with Crippen LogP contribution in [0.25, 0.3) is 11.3 Å². The highest BCUT2D eigenvalue weighted by molar-refractivity contribution is 7.09.